The molecule has 3 aliphatic heterocycles. The van der Waals surface area contributed by atoms with Crippen LogP contribution in [-0.4, -0.2) is 92.6 Å². The van der Waals surface area contributed by atoms with Crippen LogP contribution in [0.4, 0.5) is 19.7 Å². The molecule has 6 amide bonds. The zero-order valence-electron chi connectivity index (χ0n) is 37.1. The molecule has 2 aliphatic carbocycles. The molecule has 16 heteroatoms. The summed E-state index contributed by atoms with van der Waals surface area (Å²) in [5.41, 5.74) is 8.39. The maximum atomic E-state index is 15.1. The SMILES string of the molecule is CC1C[C@@H](C2CCCN2[C@]2(C(=O)NC(=O)O)c3cccc(c3)C(C(N)=O)C2(C)C)N(c2ccc(F)cc2)[C@]1(C)C1CCCN1[C@]1(C(=O)NC(=O)O)c2cccc(c2)C(C(N)=O)C1(C)C. The lowest BCUT2D eigenvalue weighted by Gasteiger charge is -2.61. The highest BCUT2D eigenvalue weighted by atomic mass is 19.1. The Morgan fingerprint density at radius 2 is 1.14 bits per heavy atom. The first-order valence-corrected chi connectivity index (χ1v) is 22.1. The van der Waals surface area contributed by atoms with Gasteiger partial charge in [0.05, 0.1) is 17.4 Å². The average molecular weight is 880 g/mol. The molecule has 15 nitrogen and oxygen atoms in total. The van der Waals surface area contributed by atoms with Crippen LogP contribution in [0.2, 0.25) is 0 Å². The number of carbonyl (C=O) groups excluding carboxylic acids is 4. The molecule has 4 bridgehead atoms. The number of hydrogen-bond donors (Lipinski definition) is 6. The quantitative estimate of drug-likeness (QED) is 0.161. The highest BCUT2D eigenvalue weighted by Gasteiger charge is 2.70. The molecule has 0 spiro atoms. The summed E-state index contributed by atoms with van der Waals surface area (Å²) in [6.07, 6.45) is -0.184. The van der Waals surface area contributed by atoms with E-state index in [0.29, 0.717) is 73.1 Å². The Labute approximate surface area is 371 Å². The number of primary amides is 2. The van der Waals surface area contributed by atoms with Gasteiger partial charge in [0.2, 0.25) is 11.8 Å². The minimum Gasteiger partial charge on any atom is -0.465 e. The normalized spacial score (nSPS) is 32.8. The van der Waals surface area contributed by atoms with E-state index in [2.05, 4.69) is 39.2 Å². The van der Waals surface area contributed by atoms with E-state index in [1.807, 2.05) is 0 Å². The number of amides is 6. The van der Waals surface area contributed by atoms with E-state index in [1.165, 1.54) is 12.1 Å². The molecule has 8 N–H and O–H groups in total. The number of fused-ring (bicyclic) bond motifs is 4. The van der Waals surface area contributed by atoms with Crippen LogP contribution in [0.3, 0.4) is 0 Å². The van der Waals surface area contributed by atoms with Gasteiger partial charge in [0.25, 0.3) is 11.8 Å². The number of hydrogen-bond acceptors (Lipinski definition) is 9. The third-order valence-corrected chi connectivity index (χ3v) is 16.3. The first-order chi connectivity index (χ1) is 30.1. The van der Waals surface area contributed by atoms with Crippen LogP contribution in [0.5, 0.6) is 0 Å². The Morgan fingerprint density at radius 3 is 1.62 bits per heavy atom. The Kier molecular flexibility index (Phi) is 10.8. The number of nitrogens with zero attached hydrogens (tertiary/aromatic N) is 3. The van der Waals surface area contributed by atoms with Crippen LogP contribution in [-0.2, 0) is 30.3 Å². The topological polar surface area (TPSA) is 229 Å². The first-order valence-electron chi connectivity index (χ1n) is 22.1. The second-order valence-corrected chi connectivity index (χ2v) is 19.8. The van der Waals surface area contributed by atoms with E-state index >= 15 is 4.79 Å². The van der Waals surface area contributed by atoms with E-state index < -0.39 is 99.0 Å². The predicted molar refractivity (Wildman–Crippen MR) is 234 cm³/mol. The van der Waals surface area contributed by atoms with Gasteiger partial charge in [-0.3, -0.25) is 39.6 Å². The highest BCUT2D eigenvalue weighted by Crippen LogP contribution is 2.62. The number of carbonyl (C=O) groups is 6. The summed E-state index contributed by atoms with van der Waals surface area (Å²) < 4.78 is 14.9. The number of imide groups is 2. The third kappa shape index (κ3) is 6.04. The van der Waals surface area contributed by atoms with Crippen molar-refractivity contribution in [3.05, 3.63) is 101 Å². The number of carboxylic acid groups (broad SMARTS) is 2. The molecule has 0 radical (unpaired) electrons. The molecule has 340 valence electrons. The lowest BCUT2D eigenvalue weighted by molar-refractivity contribution is -0.153. The molecule has 3 fully saturated rings. The van der Waals surface area contributed by atoms with Crippen molar-refractivity contribution < 1.29 is 43.4 Å². The minimum atomic E-state index is -1.73. The number of nitrogens with two attached hydrogens (primary N) is 2. The van der Waals surface area contributed by atoms with Crippen LogP contribution in [0.1, 0.15) is 108 Å². The van der Waals surface area contributed by atoms with Gasteiger partial charge in [0.15, 0.2) is 0 Å². The number of rotatable bonds is 9. The summed E-state index contributed by atoms with van der Waals surface area (Å²) in [4.78, 5) is 88.3. The van der Waals surface area contributed by atoms with Crippen molar-refractivity contribution in [3.8, 4) is 0 Å². The van der Waals surface area contributed by atoms with Crippen LogP contribution in [0.15, 0.2) is 72.8 Å². The summed E-state index contributed by atoms with van der Waals surface area (Å²) in [5.74, 6) is -5.49. The van der Waals surface area contributed by atoms with Crippen LogP contribution in [0, 0.1) is 22.6 Å². The molecule has 3 aromatic rings. The first kappa shape index (κ1) is 44.7. The zero-order valence-corrected chi connectivity index (χ0v) is 37.1. The second kappa shape index (κ2) is 15.4. The van der Waals surface area contributed by atoms with Crippen LogP contribution >= 0.6 is 0 Å². The van der Waals surface area contributed by atoms with Gasteiger partial charge < -0.3 is 26.6 Å². The maximum absolute atomic E-state index is 15.1. The van der Waals surface area contributed by atoms with Crippen molar-refractivity contribution >= 4 is 41.5 Å². The summed E-state index contributed by atoms with van der Waals surface area (Å²) in [6, 6.07) is 19.0. The standard InChI is InChI=1S/C48H58FN7O8/c1-26-23-34(33-15-9-21-54(33)47(40(59)52-42(61)62)29-13-7-11-27(24-29)36(38(50)57)44(47,2)3)56(32-19-17-31(49)18-20-32)46(26,6)35-16-10-22-55(35)48(41(60)53-43(63)64)30-14-8-12-28(25-30)37(39(51)58)45(48,4)5/h7-8,11-14,17-20,24-26,33-37H,9-10,15-16,21-23H2,1-6H3,(H2,50,57)(H2,51,58)(H,52,59)(H,53,60)(H,61,62)(H,63,64)/t26?,33?,34-,35?,36?,37?,46-,47-,48-/m0/s1. The van der Waals surface area contributed by atoms with Crippen molar-refractivity contribution in [2.75, 3.05) is 18.0 Å². The maximum Gasteiger partial charge on any atom is 0.411 e. The molecule has 3 saturated heterocycles. The van der Waals surface area contributed by atoms with Gasteiger partial charge >= 0.3 is 12.2 Å². The molecule has 5 unspecified atom stereocenters. The molecule has 3 aromatic carbocycles. The van der Waals surface area contributed by atoms with Crippen molar-refractivity contribution in [1.82, 2.24) is 20.4 Å². The van der Waals surface area contributed by atoms with Crippen LogP contribution < -0.4 is 27.0 Å². The average Bonchev–Trinajstić information content (AvgIpc) is 3.94. The lowest BCUT2D eigenvalue weighted by Crippen LogP contribution is -2.73. The van der Waals surface area contributed by atoms with Crippen molar-refractivity contribution in [2.45, 2.75) is 120 Å². The number of halogens is 1. The number of anilines is 1. The van der Waals surface area contributed by atoms with E-state index in [1.54, 1.807) is 88.4 Å². The van der Waals surface area contributed by atoms with Crippen LogP contribution in [0.25, 0.3) is 0 Å². The largest absolute Gasteiger partial charge is 0.465 e. The highest BCUT2D eigenvalue weighted by molar-refractivity contribution is 6.01. The fourth-order valence-electron chi connectivity index (χ4n) is 14.1. The molecule has 8 rings (SSSR count). The third-order valence-electron chi connectivity index (χ3n) is 16.3. The van der Waals surface area contributed by atoms with E-state index in [4.69, 9.17) is 11.5 Å². The Balaban J connectivity index is 1.33. The summed E-state index contributed by atoms with van der Waals surface area (Å²) >= 11 is 0. The molecule has 64 heavy (non-hydrogen) atoms. The molecular weight excluding hydrogens is 822 g/mol. The molecule has 3 heterocycles. The summed E-state index contributed by atoms with van der Waals surface area (Å²) in [6.45, 7) is 12.1. The second-order valence-electron chi connectivity index (χ2n) is 19.8. The monoisotopic (exact) mass is 879 g/mol. The van der Waals surface area contributed by atoms with Crippen molar-refractivity contribution in [2.24, 2.45) is 28.2 Å². The smallest absolute Gasteiger partial charge is 0.411 e. The predicted octanol–water partition coefficient (Wildman–Crippen LogP) is 5.32. The Bertz CT molecular complexity index is 2450. The van der Waals surface area contributed by atoms with Gasteiger partial charge in [-0.2, -0.15) is 0 Å². The Hall–Kier alpha value is -5.87. The van der Waals surface area contributed by atoms with Gasteiger partial charge in [0, 0.05) is 34.6 Å². The van der Waals surface area contributed by atoms with Crippen molar-refractivity contribution in [1.29, 1.82) is 0 Å². The van der Waals surface area contributed by atoms with Crippen molar-refractivity contribution in [3.63, 3.8) is 0 Å². The molecule has 0 aromatic heterocycles. The molecule has 0 saturated carbocycles. The van der Waals surface area contributed by atoms with Gasteiger partial charge in [-0.05, 0) is 105 Å². The van der Waals surface area contributed by atoms with Gasteiger partial charge in [-0.15, -0.1) is 0 Å². The van der Waals surface area contributed by atoms with E-state index in [9.17, 15) is 38.6 Å². The van der Waals surface area contributed by atoms with E-state index in [-0.39, 0.29) is 5.92 Å². The fraction of sp³-hybridized carbons (Fsp3) is 0.500. The zero-order chi connectivity index (χ0) is 46.5. The minimum absolute atomic E-state index is 0.176. The molecule has 5 aliphatic rings. The number of benzene rings is 3. The lowest BCUT2D eigenvalue weighted by atomic mass is 9.54. The summed E-state index contributed by atoms with van der Waals surface area (Å²) in [5, 5.41) is 24.6. The molecule has 9 atom stereocenters. The van der Waals surface area contributed by atoms with E-state index in [0.717, 1.165) is 0 Å². The fourth-order valence-corrected chi connectivity index (χ4v) is 14.1. The number of nitrogens with one attached hydrogen (secondary N) is 2. The van der Waals surface area contributed by atoms with Gasteiger partial charge in [-0.1, -0.05) is 83.1 Å². The summed E-state index contributed by atoms with van der Waals surface area (Å²) in [7, 11) is 0. The van der Waals surface area contributed by atoms with Gasteiger partial charge in [0.1, 0.15) is 16.9 Å². The number of likely N-dealkylation sites (tertiary alicyclic amines) is 2. The van der Waals surface area contributed by atoms with Gasteiger partial charge in [-0.25, -0.2) is 14.0 Å². The Morgan fingerprint density at radius 1 is 0.672 bits per heavy atom. The molecular formula is C48H58FN7O8.